The molecule has 1 heterocycles. The van der Waals surface area contributed by atoms with Gasteiger partial charge >= 0.3 is 0 Å². The highest BCUT2D eigenvalue weighted by atomic mass is 32.2. The normalized spacial score (nSPS) is 11.8. The van der Waals surface area contributed by atoms with Crippen LogP contribution in [0.15, 0.2) is 70.6 Å². The molecule has 0 saturated heterocycles. The Bertz CT molecular complexity index is 992. The van der Waals surface area contributed by atoms with E-state index in [9.17, 15) is 9.59 Å². The predicted octanol–water partition coefficient (Wildman–Crippen LogP) is 1.85. The number of hydrogen-bond acceptors (Lipinski definition) is 6. The third-order valence-electron chi connectivity index (χ3n) is 4.17. The third kappa shape index (κ3) is 4.98. The summed E-state index contributed by atoms with van der Waals surface area (Å²) in [5.74, 6) is 5.61. The van der Waals surface area contributed by atoms with Crippen LogP contribution in [0.2, 0.25) is 0 Å². The van der Waals surface area contributed by atoms with Crippen LogP contribution in [0.5, 0.6) is 0 Å². The van der Waals surface area contributed by atoms with E-state index in [4.69, 9.17) is 5.84 Å². The van der Waals surface area contributed by atoms with Crippen molar-refractivity contribution in [2.24, 2.45) is 0 Å². The van der Waals surface area contributed by atoms with Crippen LogP contribution in [-0.2, 0) is 11.2 Å². The fourth-order valence-corrected chi connectivity index (χ4v) is 3.39. The molecule has 0 aliphatic heterocycles. The first-order valence-electron chi connectivity index (χ1n) is 8.77. The van der Waals surface area contributed by atoms with E-state index in [0.29, 0.717) is 6.42 Å². The maximum atomic E-state index is 12.5. The van der Waals surface area contributed by atoms with Crippen LogP contribution in [0.1, 0.15) is 22.9 Å². The van der Waals surface area contributed by atoms with E-state index in [2.05, 4.69) is 15.5 Å². The van der Waals surface area contributed by atoms with Gasteiger partial charge in [-0.1, -0.05) is 72.4 Å². The predicted molar refractivity (Wildman–Crippen MR) is 109 cm³/mol. The Hall–Kier alpha value is -3.13. The molecule has 0 spiro atoms. The Kier molecular flexibility index (Phi) is 6.44. The summed E-state index contributed by atoms with van der Waals surface area (Å²) in [7, 11) is 0. The molecule has 0 fully saturated rings. The molecule has 2 aromatic carbocycles. The number of carbonyl (C=O) groups is 1. The molecule has 7 nitrogen and oxygen atoms in total. The van der Waals surface area contributed by atoms with Crippen LogP contribution >= 0.6 is 11.8 Å². The molecule has 0 aliphatic carbocycles. The van der Waals surface area contributed by atoms with Crippen molar-refractivity contribution in [2.45, 2.75) is 24.5 Å². The zero-order chi connectivity index (χ0) is 19.9. The van der Waals surface area contributed by atoms with E-state index in [-0.39, 0.29) is 28.6 Å². The van der Waals surface area contributed by atoms with Gasteiger partial charge in [0.05, 0.1) is 11.8 Å². The first kappa shape index (κ1) is 19.6. The average molecular weight is 395 g/mol. The summed E-state index contributed by atoms with van der Waals surface area (Å²) in [5, 5.41) is 10.9. The number of aromatic nitrogens is 3. The molecule has 3 aromatic rings. The van der Waals surface area contributed by atoms with Crippen LogP contribution < -0.4 is 16.7 Å². The summed E-state index contributed by atoms with van der Waals surface area (Å²) >= 11 is 1.07. The topological polar surface area (TPSA) is 103 Å². The minimum atomic E-state index is -0.427. The summed E-state index contributed by atoms with van der Waals surface area (Å²) in [6, 6.07) is 19.6. The van der Waals surface area contributed by atoms with Crippen molar-refractivity contribution in [3.8, 4) is 0 Å². The lowest BCUT2D eigenvalue weighted by Gasteiger charge is -2.19. The number of amides is 1. The van der Waals surface area contributed by atoms with Crippen molar-refractivity contribution >= 4 is 17.7 Å². The number of nitrogens with two attached hydrogens (primary N) is 1. The largest absolute Gasteiger partial charge is 0.348 e. The molecule has 0 aliphatic rings. The van der Waals surface area contributed by atoms with E-state index >= 15 is 0 Å². The number of nitrogens with one attached hydrogen (secondary N) is 1. The van der Waals surface area contributed by atoms with Gasteiger partial charge in [-0.05, 0) is 24.5 Å². The van der Waals surface area contributed by atoms with Gasteiger partial charge in [0, 0.05) is 0 Å². The summed E-state index contributed by atoms with van der Waals surface area (Å²) in [6.45, 7) is 1.54. The molecule has 28 heavy (non-hydrogen) atoms. The highest BCUT2D eigenvalue weighted by molar-refractivity contribution is 7.99. The quantitative estimate of drug-likeness (QED) is 0.468. The molecule has 1 atom stereocenters. The van der Waals surface area contributed by atoms with Gasteiger partial charge in [-0.2, -0.15) is 4.68 Å². The second kappa shape index (κ2) is 9.18. The Balaban J connectivity index is 1.69. The Labute approximate surface area is 167 Å². The molecule has 0 saturated carbocycles. The van der Waals surface area contributed by atoms with Crippen molar-refractivity contribution in [2.75, 3.05) is 11.6 Å². The molecule has 8 heteroatoms. The maximum absolute atomic E-state index is 12.5. The van der Waals surface area contributed by atoms with Crippen LogP contribution in [0, 0.1) is 6.92 Å². The molecule has 1 amide bonds. The second-order valence-electron chi connectivity index (χ2n) is 6.25. The number of benzene rings is 2. The average Bonchev–Trinajstić information content (AvgIpc) is 2.72. The number of nitrogen functional groups attached to an aromatic ring is 1. The van der Waals surface area contributed by atoms with Gasteiger partial charge in [-0.25, -0.2) is 0 Å². The Morgan fingerprint density at radius 1 is 1.11 bits per heavy atom. The van der Waals surface area contributed by atoms with Crippen molar-refractivity contribution in [1.29, 1.82) is 0 Å². The van der Waals surface area contributed by atoms with Crippen LogP contribution in [-0.4, -0.2) is 26.5 Å². The summed E-state index contributed by atoms with van der Waals surface area (Å²) < 4.78 is 0.916. The monoisotopic (exact) mass is 395 g/mol. The van der Waals surface area contributed by atoms with Gasteiger partial charge in [0.1, 0.15) is 5.69 Å². The van der Waals surface area contributed by atoms with Crippen molar-refractivity contribution in [1.82, 2.24) is 20.2 Å². The lowest BCUT2D eigenvalue weighted by atomic mass is 9.99. The molecule has 0 bridgehead atoms. The summed E-state index contributed by atoms with van der Waals surface area (Å²) in [4.78, 5) is 24.4. The molecular formula is C20H21N5O2S. The standard InChI is InChI=1S/C20H21N5O2S/c1-14-19(27)25(21)20(24-23-14)28-13-18(26)22-17(16-10-6-3-7-11-16)12-15-8-4-2-5-9-15/h2-11,17H,12-13,21H2,1H3,(H,22,26). The SMILES string of the molecule is Cc1nnc(SCC(=O)NC(Cc2ccccc2)c2ccccc2)n(N)c1=O. The second-order valence-corrected chi connectivity index (χ2v) is 7.19. The fraction of sp³-hybridized carbons (Fsp3) is 0.200. The smallest absolute Gasteiger partial charge is 0.294 e. The number of carbonyl (C=O) groups excluding carboxylic acids is 1. The molecule has 144 valence electrons. The van der Waals surface area contributed by atoms with Crippen molar-refractivity contribution in [3.05, 3.63) is 87.8 Å². The van der Waals surface area contributed by atoms with E-state index in [1.165, 1.54) is 6.92 Å². The molecule has 0 radical (unpaired) electrons. The van der Waals surface area contributed by atoms with Gasteiger partial charge in [0.15, 0.2) is 0 Å². The molecule has 3 rings (SSSR count). The van der Waals surface area contributed by atoms with E-state index < -0.39 is 5.56 Å². The number of nitrogens with zero attached hydrogens (tertiary/aromatic N) is 3. The zero-order valence-electron chi connectivity index (χ0n) is 15.4. The minimum Gasteiger partial charge on any atom is -0.348 e. The number of thioether (sulfide) groups is 1. The molecule has 3 N–H and O–H groups in total. The Morgan fingerprint density at radius 2 is 1.75 bits per heavy atom. The van der Waals surface area contributed by atoms with E-state index in [0.717, 1.165) is 27.6 Å². The third-order valence-corrected chi connectivity index (χ3v) is 5.12. The number of rotatable bonds is 7. The number of hydrogen-bond donors (Lipinski definition) is 2. The van der Waals surface area contributed by atoms with Crippen LogP contribution in [0.25, 0.3) is 0 Å². The molecule has 1 unspecified atom stereocenters. The highest BCUT2D eigenvalue weighted by Gasteiger charge is 2.16. The highest BCUT2D eigenvalue weighted by Crippen LogP contribution is 2.19. The number of aryl methyl sites for hydroxylation is 1. The summed E-state index contributed by atoms with van der Waals surface area (Å²) in [6.07, 6.45) is 0.674. The van der Waals surface area contributed by atoms with Crippen molar-refractivity contribution in [3.63, 3.8) is 0 Å². The minimum absolute atomic E-state index is 0.0759. The van der Waals surface area contributed by atoms with Crippen LogP contribution in [0.3, 0.4) is 0 Å². The fourth-order valence-electron chi connectivity index (χ4n) is 2.72. The van der Waals surface area contributed by atoms with Crippen molar-refractivity contribution < 1.29 is 4.79 Å². The molecule has 1 aromatic heterocycles. The van der Waals surface area contributed by atoms with Gasteiger partial charge < -0.3 is 11.2 Å². The lowest BCUT2D eigenvalue weighted by Crippen LogP contribution is -2.34. The zero-order valence-corrected chi connectivity index (χ0v) is 16.2. The van der Waals surface area contributed by atoms with Gasteiger partial charge in [0.2, 0.25) is 11.1 Å². The van der Waals surface area contributed by atoms with E-state index in [1.807, 2.05) is 60.7 Å². The van der Waals surface area contributed by atoms with E-state index in [1.54, 1.807) is 0 Å². The van der Waals surface area contributed by atoms with Gasteiger partial charge in [-0.3, -0.25) is 9.59 Å². The van der Waals surface area contributed by atoms with Gasteiger partial charge in [0.25, 0.3) is 5.56 Å². The van der Waals surface area contributed by atoms with Crippen LogP contribution in [0.4, 0.5) is 0 Å². The maximum Gasteiger partial charge on any atom is 0.294 e. The Morgan fingerprint density at radius 3 is 2.43 bits per heavy atom. The molecular weight excluding hydrogens is 374 g/mol. The van der Waals surface area contributed by atoms with Gasteiger partial charge in [-0.15, -0.1) is 10.2 Å². The first-order valence-corrected chi connectivity index (χ1v) is 9.75. The lowest BCUT2D eigenvalue weighted by molar-refractivity contribution is -0.119. The first-order chi connectivity index (χ1) is 13.5. The summed E-state index contributed by atoms with van der Waals surface area (Å²) in [5.41, 5.74) is 1.94.